The first-order valence-corrected chi connectivity index (χ1v) is 10.5. The predicted octanol–water partition coefficient (Wildman–Crippen LogP) is 4.60. The maximum atomic E-state index is 12.9. The van der Waals surface area contributed by atoms with Gasteiger partial charge < -0.3 is 4.90 Å². The van der Waals surface area contributed by atoms with Crippen molar-refractivity contribution in [3.63, 3.8) is 0 Å². The molecule has 0 spiro atoms. The predicted molar refractivity (Wildman–Crippen MR) is 96.9 cm³/mol. The summed E-state index contributed by atoms with van der Waals surface area (Å²) in [5, 5.41) is 0. The Balaban J connectivity index is 1.87. The Kier molecular flexibility index (Phi) is 6.44. The van der Waals surface area contributed by atoms with Gasteiger partial charge in [0.1, 0.15) is 0 Å². The number of piperidine rings is 1. The smallest absolute Gasteiger partial charge is 0.303 e. The number of alkyl halides is 3. The van der Waals surface area contributed by atoms with Crippen LogP contribution in [0.25, 0.3) is 0 Å². The maximum absolute atomic E-state index is 12.9. The zero-order valence-corrected chi connectivity index (χ0v) is 16.5. The second-order valence-corrected chi connectivity index (χ2v) is 10.4. The summed E-state index contributed by atoms with van der Waals surface area (Å²) in [6, 6.07) is 6.84. The molecule has 148 valence electrons. The van der Waals surface area contributed by atoms with Crippen molar-refractivity contribution in [3.05, 3.63) is 29.8 Å². The summed E-state index contributed by atoms with van der Waals surface area (Å²) in [5.41, 5.74) is 1.00. The summed E-state index contributed by atoms with van der Waals surface area (Å²) in [5.74, 6) is -1.20. The molecule has 0 radical (unpaired) electrons. The fourth-order valence-electron chi connectivity index (χ4n) is 3.38. The standard InChI is InChI=1S/C19H28F3NO2S/c1-15-5-7-17(8-6-15)26(24,25)18(2,3)11-4-12-23-13-9-16(10-14-23)19(20,21)22/h5-8,16H,4,9-14H2,1-3H3. The van der Waals surface area contributed by atoms with Gasteiger partial charge in [-0.25, -0.2) is 8.42 Å². The quantitative estimate of drug-likeness (QED) is 0.711. The first kappa shape index (κ1) is 21.2. The van der Waals surface area contributed by atoms with Crippen LogP contribution in [-0.4, -0.2) is 43.9 Å². The molecule has 0 bridgehead atoms. The molecule has 0 N–H and O–H groups in total. The van der Waals surface area contributed by atoms with Gasteiger partial charge in [-0.05, 0) is 78.2 Å². The van der Waals surface area contributed by atoms with Crippen LogP contribution in [0.2, 0.25) is 0 Å². The molecule has 1 heterocycles. The third-order valence-corrected chi connectivity index (χ3v) is 7.91. The number of likely N-dealkylation sites (tertiary alicyclic amines) is 1. The Hall–Kier alpha value is -1.08. The van der Waals surface area contributed by atoms with E-state index in [-0.39, 0.29) is 12.8 Å². The highest BCUT2D eigenvalue weighted by atomic mass is 32.2. The summed E-state index contributed by atoms with van der Waals surface area (Å²) in [7, 11) is -3.45. The molecular formula is C19H28F3NO2S. The van der Waals surface area contributed by atoms with E-state index >= 15 is 0 Å². The molecule has 0 amide bonds. The minimum Gasteiger partial charge on any atom is -0.303 e. The molecule has 0 atom stereocenters. The lowest BCUT2D eigenvalue weighted by Gasteiger charge is -2.33. The number of hydrogen-bond donors (Lipinski definition) is 0. The van der Waals surface area contributed by atoms with E-state index in [9.17, 15) is 21.6 Å². The average Bonchev–Trinajstić information content (AvgIpc) is 2.54. The van der Waals surface area contributed by atoms with Crippen molar-refractivity contribution < 1.29 is 21.6 Å². The van der Waals surface area contributed by atoms with Crippen LogP contribution in [0.15, 0.2) is 29.2 Å². The third-order valence-electron chi connectivity index (χ3n) is 5.36. The first-order chi connectivity index (χ1) is 11.9. The zero-order chi connectivity index (χ0) is 19.6. The van der Waals surface area contributed by atoms with E-state index < -0.39 is 26.7 Å². The van der Waals surface area contributed by atoms with Crippen LogP contribution in [0.1, 0.15) is 45.1 Å². The highest BCUT2D eigenvalue weighted by Crippen LogP contribution is 2.34. The Labute approximate surface area is 154 Å². The molecule has 26 heavy (non-hydrogen) atoms. The number of nitrogens with zero attached hydrogens (tertiary/aromatic N) is 1. The molecule has 1 aliphatic rings. The Morgan fingerprint density at radius 3 is 2.12 bits per heavy atom. The van der Waals surface area contributed by atoms with Gasteiger partial charge in [-0.3, -0.25) is 0 Å². The molecule has 0 saturated carbocycles. The van der Waals surface area contributed by atoms with Gasteiger partial charge >= 0.3 is 6.18 Å². The molecule has 1 aliphatic heterocycles. The second-order valence-electron chi connectivity index (χ2n) is 7.84. The van der Waals surface area contributed by atoms with Gasteiger partial charge in [0.15, 0.2) is 9.84 Å². The molecule has 7 heteroatoms. The summed E-state index contributed by atoms with van der Waals surface area (Å²) in [4.78, 5) is 2.33. The highest BCUT2D eigenvalue weighted by molar-refractivity contribution is 7.92. The van der Waals surface area contributed by atoms with Crippen molar-refractivity contribution >= 4 is 9.84 Å². The van der Waals surface area contributed by atoms with Crippen LogP contribution in [0.4, 0.5) is 13.2 Å². The lowest BCUT2D eigenvalue weighted by Crippen LogP contribution is -2.40. The van der Waals surface area contributed by atoms with Crippen molar-refractivity contribution in [1.82, 2.24) is 4.90 Å². The van der Waals surface area contributed by atoms with Crippen molar-refractivity contribution in [1.29, 1.82) is 0 Å². The number of sulfone groups is 1. The van der Waals surface area contributed by atoms with Crippen molar-refractivity contribution in [3.8, 4) is 0 Å². The largest absolute Gasteiger partial charge is 0.391 e. The number of benzene rings is 1. The van der Waals surface area contributed by atoms with Gasteiger partial charge in [-0.2, -0.15) is 13.2 Å². The van der Waals surface area contributed by atoms with E-state index in [1.54, 1.807) is 38.1 Å². The van der Waals surface area contributed by atoms with Crippen molar-refractivity contribution in [2.45, 2.75) is 62.3 Å². The van der Waals surface area contributed by atoms with Gasteiger partial charge in [0.2, 0.25) is 0 Å². The minimum atomic E-state index is -4.10. The van der Waals surface area contributed by atoms with E-state index in [4.69, 9.17) is 0 Å². The van der Waals surface area contributed by atoms with Crippen molar-refractivity contribution in [2.75, 3.05) is 19.6 Å². The summed E-state index contributed by atoms with van der Waals surface area (Å²) < 4.78 is 62.9. The van der Waals surface area contributed by atoms with Crippen LogP contribution in [0.3, 0.4) is 0 Å². The topological polar surface area (TPSA) is 37.4 Å². The van der Waals surface area contributed by atoms with E-state index in [1.165, 1.54) is 0 Å². The van der Waals surface area contributed by atoms with Crippen LogP contribution in [0.5, 0.6) is 0 Å². The lowest BCUT2D eigenvalue weighted by molar-refractivity contribution is -0.185. The molecule has 0 aromatic heterocycles. The summed E-state index contributed by atoms with van der Waals surface area (Å²) in [6.07, 6.45) is -2.71. The Morgan fingerprint density at radius 1 is 1.08 bits per heavy atom. The minimum absolute atomic E-state index is 0.133. The van der Waals surface area contributed by atoms with E-state index in [2.05, 4.69) is 0 Å². The van der Waals surface area contributed by atoms with Crippen LogP contribution in [-0.2, 0) is 9.84 Å². The molecule has 2 rings (SSSR count). The maximum Gasteiger partial charge on any atom is 0.391 e. The number of hydrogen-bond acceptors (Lipinski definition) is 3. The molecule has 1 aromatic rings. The Bertz CT molecular complexity index is 688. The molecule has 0 unspecified atom stereocenters. The molecule has 1 fully saturated rings. The lowest BCUT2D eigenvalue weighted by atomic mass is 9.96. The fourth-order valence-corrected chi connectivity index (χ4v) is 4.93. The SMILES string of the molecule is Cc1ccc(S(=O)(=O)C(C)(C)CCCN2CCC(C(F)(F)F)CC2)cc1. The zero-order valence-electron chi connectivity index (χ0n) is 15.6. The van der Waals surface area contributed by atoms with E-state index in [0.717, 1.165) is 5.56 Å². The van der Waals surface area contributed by atoms with Gasteiger partial charge in [-0.15, -0.1) is 0 Å². The fraction of sp³-hybridized carbons (Fsp3) is 0.684. The van der Waals surface area contributed by atoms with Gasteiger partial charge in [0.25, 0.3) is 0 Å². The number of rotatable bonds is 6. The van der Waals surface area contributed by atoms with Gasteiger partial charge in [-0.1, -0.05) is 17.7 Å². The third kappa shape index (κ3) is 5.00. The van der Waals surface area contributed by atoms with E-state index in [1.807, 2.05) is 11.8 Å². The van der Waals surface area contributed by atoms with Crippen LogP contribution in [0, 0.1) is 12.8 Å². The van der Waals surface area contributed by atoms with Crippen LogP contribution < -0.4 is 0 Å². The van der Waals surface area contributed by atoms with Gasteiger partial charge in [0, 0.05) is 0 Å². The monoisotopic (exact) mass is 391 g/mol. The number of aryl methyl sites for hydroxylation is 1. The summed E-state index contributed by atoms with van der Waals surface area (Å²) in [6.45, 7) is 6.84. The number of halogens is 3. The van der Waals surface area contributed by atoms with Crippen LogP contribution >= 0.6 is 0 Å². The first-order valence-electron chi connectivity index (χ1n) is 9.04. The van der Waals surface area contributed by atoms with Crippen molar-refractivity contribution in [2.24, 2.45) is 5.92 Å². The average molecular weight is 391 g/mol. The van der Waals surface area contributed by atoms with E-state index in [0.29, 0.717) is 37.4 Å². The highest BCUT2D eigenvalue weighted by Gasteiger charge is 2.41. The second kappa shape index (κ2) is 7.89. The molecular weight excluding hydrogens is 363 g/mol. The van der Waals surface area contributed by atoms with Gasteiger partial charge in [0.05, 0.1) is 15.6 Å². The molecule has 0 aliphatic carbocycles. The normalized spacial score (nSPS) is 18.2. The summed E-state index contributed by atoms with van der Waals surface area (Å²) >= 11 is 0. The molecule has 3 nitrogen and oxygen atoms in total. The molecule has 1 aromatic carbocycles. The molecule has 1 saturated heterocycles. The Morgan fingerprint density at radius 2 is 1.62 bits per heavy atom.